The van der Waals surface area contributed by atoms with Crippen LogP contribution in [0.25, 0.3) is 0 Å². The number of sulfone groups is 1. The summed E-state index contributed by atoms with van der Waals surface area (Å²) in [6.45, 7) is 2.53. The van der Waals surface area contributed by atoms with Crippen LogP contribution >= 0.6 is 0 Å². The van der Waals surface area contributed by atoms with Gasteiger partial charge in [0.25, 0.3) is 0 Å². The van der Waals surface area contributed by atoms with E-state index in [4.69, 9.17) is 9.84 Å². The number of aliphatic carboxylic acids is 1. The van der Waals surface area contributed by atoms with Crippen molar-refractivity contribution in [3.8, 4) is 0 Å². The van der Waals surface area contributed by atoms with E-state index in [1.54, 1.807) is 0 Å². The molecular weight excluding hydrogens is 300 g/mol. The predicted octanol–water partition coefficient (Wildman–Crippen LogP) is -0.448. The maximum Gasteiger partial charge on any atom is 0.317 e. The van der Waals surface area contributed by atoms with Gasteiger partial charge in [0.05, 0.1) is 25.0 Å². The first-order valence-electron chi connectivity index (χ1n) is 6.79. The Bertz CT molecular complexity index is 478. The minimum Gasteiger partial charge on any atom is -0.481 e. The van der Waals surface area contributed by atoms with Crippen molar-refractivity contribution in [1.29, 1.82) is 0 Å². The number of hydrogen-bond acceptors (Lipinski definition) is 5. The van der Waals surface area contributed by atoms with Gasteiger partial charge in [-0.3, -0.25) is 4.79 Å². The highest BCUT2D eigenvalue weighted by atomic mass is 32.2. The fraction of sp³-hybridized carbons (Fsp3) is 0.833. The van der Waals surface area contributed by atoms with Crippen molar-refractivity contribution in [2.75, 3.05) is 38.3 Å². The maximum atomic E-state index is 12.1. The van der Waals surface area contributed by atoms with Gasteiger partial charge in [-0.2, -0.15) is 0 Å². The molecule has 1 heterocycles. The summed E-state index contributed by atoms with van der Waals surface area (Å²) >= 11 is 0. The molecule has 0 aromatic carbocycles. The van der Waals surface area contributed by atoms with Gasteiger partial charge < -0.3 is 20.1 Å². The SMILES string of the molecule is CCCN(C(=O)NCCS(C)(=O)=O)C1COCC1C(=O)O. The quantitative estimate of drug-likeness (QED) is 0.656. The summed E-state index contributed by atoms with van der Waals surface area (Å²) in [5.74, 6) is -1.90. The number of nitrogens with one attached hydrogen (secondary N) is 1. The Hall–Kier alpha value is -1.35. The second kappa shape index (κ2) is 7.60. The molecule has 2 N–H and O–H groups in total. The summed E-state index contributed by atoms with van der Waals surface area (Å²) in [6.07, 6.45) is 1.76. The molecule has 0 spiro atoms. The minimum absolute atomic E-state index is 0.00317. The Kier molecular flexibility index (Phi) is 6.41. The summed E-state index contributed by atoms with van der Waals surface area (Å²) in [5.41, 5.74) is 0. The number of carbonyl (C=O) groups is 2. The van der Waals surface area contributed by atoms with Crippen LogP contribution in [0.3, 0.4) is 0 Å². The lowest BCUT2D eigenvalue weighted by Crippen LogP contribution is -2.51. The lowest BCUT2D eigenvalue weighted by molar-refractivity contribution is -0.142. The van der Waals surface area contributed by atoms with Gasteiger partial charge in [0.15, 0.2) is 0 Å². The third-order valence-corrected chi connectivity index (χ3v) is 4.19. The number of urea groups is 1. The van der Waals surface area contributed by atoms with Crippen LogP contribution in [0.15, 0.2) is 0 Å². The van der Waals surface area contributed by atoms with Crippen LogP contribution in [0.1, 0.15) is 13.3 Å². The zero-order valence-electron chi connectivity index (χ0n) is 12.2. The number of carboxylic acids is 1. The van der Waals surface area contributed by atoms with Crippen LogP contribution in [-0.4, -0.2) is 74.8 Å². The van der Waals surface area contributed by atoms with E-state index >= 15 is 0 Å². The smallest absolute Gasteiger partial charge is 0.317 e. The summed E-state index contributed by atoms with van der Waals surface area (Å²) in [6, 6.07) is -0.983. The van der Waals surface area contributed by atoms with E-state index in [0.717, 1.165) is 6.26 Å². The normalized spacial score (nSPS) is 22.0. The van der Waals surface area contributed by atoms with Crippen molar-refractivity contribution >= 4 is 21.8 Å². The number of nitrogens with zero attached hydrogens (tertiary/aromatic N) is 1. The standard InChI is InChI=1S/C12H22N2O6S/c1-3-5-14(10-8-20-7-9(10)11(15)16)12(17)13-4-6-21(2,18)19/h9-10H,3-8H2,1-2H3,(H,13,17)(H,15,16). The number of amides is 2. The van der Waals surface area contributed by atoms with E-state index in [9.17, 15) is 18.0 Å². The molecule has 2 unspecified atom stereocenters. The van der Waals surface area contributed by atoms with E-state index in [0.29, 0.717) is 13.0 Å². The summed E-state index contributed by atoms with van der Waals surface area (Å²) in [4.78, 5) is 24.7. The lowest BCUT2D eigenvalue weighted by atomic mass is 10.0. The van der Waals surface area contributed by atoms with E-state index < -0.39 is 33.8 Å². The van der Waals surface area contributed by atoms with Gasteiger partial charge in [-0.15, -0.1) is 0 Å². The predicted molar refractivity (Wildman–Crippen MR) is 75.8 cm³/mol. The van der Waals surface area contributed by atoms with Gasteiger partial charge in [0, 0.05) is 19.3 Å². The molecule has 2 atom stereocenters. The first-order valence-corrected chi connectivity index (χ1v) is 8.85. The van der Waals surface area contributed by atoms with Crippen LogP contribution in [0, 0.1) is 5.92 Å². The van der Waals surface area contributed by atoms with Gasteiger partial charge in [-0.1, -0.05) is 6.92 Å². The number of rotatable bonds is 7. The zero-order chi connectivity index (χ0) is 16.0. The van der Waals surface area contributed by atoms with Crippen molar-refractivity contribution in [3.63, 3.8) is 0 Å². The van der Waals surface area contributed by atoms with E-state index in [-0.39, 0.29) is 25.5 Å². The fourth-order valence-electron chi connectivity index (χ4n) is 2.19. The molecule has 0 bridgehead atoms. The summed E-state index contributed by atoms with van der Waals surface area (Å²) in [7, 11) is -3.15. The molecule has 1 rings (SSSR count). The molecule has 0 radical (unpaired) electrons. The highest BCUT2D eigenvalue weighted by Gasteiger charge is 2.39. The molecule has 1 aliphatic rings. The molecule has 2 amide bonds. The highest BCUT2D eigenvalue weighted by Crippen LogP contribution is 2.20. The molecule has 122 valence electrons. The minimum atomic E-state index is -3.15. The Morgan fingerprint density at radius 3 is 2.57 bits per heavy atom. The van der Waals surface area contributed by atoms with Crippen molar-refractivity contribution in [3.05, 3.63) is 0 Å². The zero-order valence-corrected chi connectivity index (χ0v) is 13.1. The van der Waals surface area contributed by atoms with Gasteiger partial charge in [-0.25, -0.2) is 13.2 Å². The van der Waals surface area contributed by atoms with E-state index in [1.807, 2.05) is 6.92 Å². The molecule has 0 aromatic heterocycles. The van der Waals surface area contributed by atoms with Gasteiger partial charge >= 0.3 is 12.0 Å². The van der Waals surface area contributed by atoms with Crippen LogP contribution in [-0.2, 0) is 19.4 Å². The molecule has 1 saturated heterocycles. The topological polar surface area (TPSA) is 113 Å². The average Bonchev–Trinajstić information content (AvgIpc) is 2.83. The molecule has 0 aliphatic carbocycles. The first kappa shape index (κ1) is 17.7. The highest BCUT2D eigenvalue weighted by molar-refractivity contribution is 7.90. The van der Waals surface area contributed by atoms with Gasteiger partial charge in [-0.05, 0) is 6.42 Å². The Balaban J connectivity index is 2.67. The van der Waals surface area contributed by atoms with Crippen molar-refractivity contribution < 1.29 is 27.9 Å². The van der Waals surface area contributed by atoms with Crippen LogP contribution in [0.5, 0.6) is 0 Å². The van der Waals surface area contributed by atoms with E-state index in [2.05, 4.69) is 5.32 Å². The second-order valence-electron chi connectivity index (χ2n) is 5.10. The third kappa shape index (κ3) is 5.50. The Morgan fingerprint density at radius 1 is 1.38 bits per heavy atom. The van der Waals surface area contributed by atoms with E-state index in [1.165, 1.54) is 4.90 Å². The van der Waals surface area contributed by atoms with Gasteiger partial charge in [0.2, 0.25) is 0 Å². The Morgan fingerprint density at radius 2 is 2.05 bits per heavy atom. The summed E-state index contributed by atoms with van der Waals surface area (Å²) < 4.78 is 27.3. The van der Waals surface area contributed by atoms with Crippen LogP contribution < -0.4 is 5.32 Å². The number of ether oxygens (including phenoxy) is 1. The monoisotopic (exact) mass is 322 g/mol. The van der Waals surface area contributed by atoms with Crippen LogP contribution in [0.4, 0.5) is 4.79 Å². The number of carbonyl (C=O) groups excluding carboxylic acids is 1. The molecule has 1 fully saturated rings. The molecule has 21 heavy (non-hydrogen) atoms. The fourth-order valence-corrected chi connectivity index (χ4v) is 2.66. The maximum absolute atomic E-state index is 12.1. The lowest BCUT2D eigenvalue weighted by Gasteiger charge is -2.30. The van der Waals surface area contributed by atoms with Crippen molar-refractivity contribution in [2.45, 2.75) is 19.4 Å². The largest absolute Gasteiger partial charge is 0.481 e. The third-order valence-electron chi connectivity index (χ3n) is 3.24. The average molecular weight is 322 g/mol. The molecule has 0 saturated carbocycles. The number of carboxylic acid groups (broad SMARTS) is 1. The molecular formula is C12H22N2O6S. The molecule has 8 nitrogen and oxygen atoms in total. The van der Waals surface area contributed by atoms with Crippen molar-refractivity contribution in [2.24, 2.45) is 5.92 Å². The van der Waals surface area contributed by atoms with Crippen LogP contribution in [0.2, 0.25) is 0 Å². The first-order chi connectivity index (χ1) is 9.76. The molecule has 0 aromatic rings. The second-order valence-corrected chi connectivity index (χ2v) is 7.36. The summed E-state index contributed by atoms with van der Waals surface area (Å²) in [5, 5.41) is 11.7. The molecule has 9 heteroatoms. The number of hydrogen-bond donors (Lipinski definition) is 2. The molecule has 1 aliphatic heterocycles. The van der Waals surface area contributed by atoms with Gasteiger partial charge in [0.1, 0.15) is 15.8 Å². The van der Waals surface area contributed by atoms with Crippen molar-refractivity contribution in [1.82, 2.24) is 10.2 Å². The Labute approximate surface area is 124 Å².